The lowest BCUT2D eigenvalue weighted by Gasteiger charge is -2.27. The summed E-state index contributed by atoms with van der Waals surface area (Å²) in [7, 11) is 0. The van der Waals surface area contributed by atoms with Gasteiger partial charge < -0.3 is 5.32 Å². The van der Waals surface area contributed by atoms with E-state index in [2.05, 4.69) is 15.2 Å². The quantitative estimate of drug-likeness (QED) is 0.226. The molecular weight excluding hydrogens is 520 g/mol. The predicted molar refractivity (Wildman–Crippen MR) is 138 cm³/mol. The maximum atomic E-state index is 13.5. The van der Waals surface area contributed by atoms with E-state index in [0.29, 0.717) is 58.8 Å². The van der Waals surface area contributed by atoms with Crippen molar-refractivity contribution in [3.05, 3.63) is 106 Å². The van der Waals surface area contributed by atoms with Crippen LogP contribution in [0.3, 0.4) is 0 Å². The molecule has 0 radical (unpaired) electrons. The fourth-order valence-electron chi connectivity index (χ4n) is 4.70. The second-order valence-electron chi connectivity index (χ2n) is 9.07. The first kappa shape index (κ1) is 25.9. The Balaban J connectivity index is 1.43. The molecular formula is C28H23ClF4N4O. The highest BCUT2D eigenvalue weighted by Gasteiger charge is 2.33. The zero-order chi connectivity index (χ0) is 26.9. The van der Waals surface area contributed by atoms with Crippen molar-refractivity contribution in [2.75, 3.05) is 13.1 Å². The highest BCUT2D eigenvalue weighted by molar-refractivity contribution is 6.30. The van der Waals surface area contributed by atoms with Crippen LogP contribution in [-0.2, 0) is 25.7 Å². The Bertz CT molecular complexity index is 1510. The first-order chi connectivity index (χ1) is 18.2. The summed E-state index contributed by atoms with van der Waals surface area (Å²) in [5.74, 6) is -0.662. The molecule has 5 rings (SSSR count). The Morgan fingerprint density at radius 2 is 1.89 bits per heavy atom. The minimum atomic E-state index is -4.51. The number of carbonyl (C=O) groups excluding carboxylic acids is 1. The van der Waals surface area contributed by atoms with Gasteiger partial charge in [-0.2, -0.15) is 17.6 Å². The minimum Gasteiger partial charge on any atom is -0.333 e. The standard InChI is InChI=1S/C28H23ClF4N4O/c29-21-6-3-18(4-7-21)2-1-12-36-13-10-25-23(17-36)22-15-20(28(31,32)33)5-8-24(22)37(25)27(38)35-16-19-9-11-34-26(30)14-19/h1-9,11,14-15H,10,12-13,16-17H2,(H,35,38)/b2-1+. The second-order valence-corrected chi connectivity index (χ2v) is 9.51. The van der Waals surface area contributed by atoms with Gasteiger partial charge >= 0.3 is 12.2 Å². The molecule has 1 N–H and O–H groups in total. The van der Waals surface area contributed by atoms with Gasteiger partial charge in [0.05, 0.1) is 11.1 Å². The molecule has 0 bridgehead atoms. The lowest BCUT2D eigenvalue weighted by molar-refractivity contribution is -0.137. The maximum Gasteiger partial charge on any atom is 0.416 e. The van der Waals surface area contributed by atoms with Crippen molar-refractivity contribution in [1.29, 1.82) is 0 Å². The van der Waals surface area contributed by atoms with Crippen LogP contribution in [0.25, 0.3) is 17.0 Å². The molecule has 4 aromatic rings. The van der Waals surface area contributed by atoms with E-state index < -0.39 is 23.7 Å². The van der Waals surface area contributed by atoms with Gasteiger partial charge in [-0.3, -0.25) is 9.47 Å². The molecule has 0 atom stereocenters. The average Bonchev–Trinajstić information content (AvgIpc) is 3.21. The van der Waals surface area contributed by atoms with Crippen molar-refractivity contribution in [2.45, 2.75) is 25.7 Å². The number of amides is 1. The summed E-state index contributed by atoms with van der Waals surface area (Å²) in [6.07, 6.45) is 1.24. The third-order valence-corrected chi connectivity index (χ3v) is 6.79. The number of carbonyl (C=O) groups is 1. The van der Waals surface area contributed by atoms with Crippen LogP contribution >= 0.6 is 11.6 Å². The summed E-state index contributed by atoms with van der Waals surface area (Å²) >= 11 is 5.93. The lowest BCUT2D eigenvalue weighted by atomic mass is 10.0. The summed E-state index contributed by atoms with van der Waals surface area (Å²) in [5.41, 5.74) is 2.52. The van der Waals surface area contributed by atoms with Crippen molar-refractivity contribution in [2.24, 2.45) is 0 Å². The van der Waals surface area contributed by atoms with E-state index in [-0.39, 0.29) is 6.54 Å². The zero-order valence-electron chi connectivity index (χ0n) is 20.1. The van der Waals surface area contributed by atoms with Gasteiger partial charge in [0.1, 0.15) is 0 Å². The Labute approximate surface area is 221 Å². The van der Waals surface area contributed by atoms with Crippen molar-refractivity contribution in [3.63, 3.8) is 0 Å². The molecule has 0 saturated heterocycles. The minimum absolute atomic E-state index is 0.0506. The van der Waals surface area contributed by atoms with Crippen LogP contribution in [0.5, 0.6) is 0 Å². The first-order valence-corrected chi connectivity index (χ1v) is 12.3. The normalized spacial score (nSPS) is 14.2. The van der Waals surface area contributed by atoms with E-state index in [1.807, 2.05) is 24.3 Å². The van der Waals surface area contributed by atoms with E-state index in [4.69, 9.17) is 11.6 Å². The number of nitrogens with one attached hydrogen (secondary N) is 1. The molecule has 3 heterocycles. The van der Waals surface area contributed by atoms with Crippen molar-refractivity contribution in [3.8, 4) is 0 Å². The third-order valence-electron chi connectivity index (χ3n) is 6.54. The second kappa shape index (κ2) is 10.6. The molecule has 10 heteroatoms. The number of rotatable bonds is 5. The molecule has 196 valence electrons. The Morgan fingerprint density at radius 1 is 1.11 bits per heavy atom. The predicted octanol–water partition coefficient (Wildman–Crippen LogP) is 6.68. The molecule has 0 saturated carbocycles. The summed E-state index contributed by atoms with van der Waals surface area (Å²) in [6, 6.07) is 13.2. The largest absolute Gasteiger partial charge is 0.416 e. The Hall–Kier alpha value is -3.69. The first-order valence-electron chi connectivity index (χ1n) is 12.0. The SMILES string of the molecule is O=C(NCc1ccnc(F)c1)n1c2c(c3cc(C(F)(F)F)ccc31)CN(C/C=C/c1ccc(Cl)cc1)CC2. The summed E-state index contributed by atoms with van der Waals surface area (Å²) in [6.45, 7) is 1.67. The smallest absolute Gasteiger partial charge is 0.333 e. The number of benzene rings is 2. The van der Waals surface area contributed by atoms with Crippen LogP contribution < -0.4 is 5.32 Å². The molecule has 38 heavy (non-hydrogen) atoms. The molecule has 1 aliphatic heterocycles. The third kappa shape index (κ3) is 5.58. The van der Waals surface area contributed by atoms with E-state index in [1.165, 1.54) is 22.9 Å². The maximum absolute atomic E-state index is 13.5. The summed E-state index contributed by atoms with van der Waals surface area (Å²) in [5, 5.41) is 3.80. The highest BCUT2D eigenvalue weighted by atomic mass is 35.5. The summed E-state index contributed by atoms with van der Waals surface area (Å²) < 4.78 is 55.5. The molecule has 0 spiro atoms. The molecule has 0 aliphatic carbocycles. The molecule has 0 unspecified atom stereocenters. The van der Waals surface area contributed by atoms with Crippen molar-refractivity contribution in [1.82, 2.24) is 19.8 Å². The number of alkyl halides is 3. The average molecular weight is 543 g/mol. The van der Waals surface area contributed by atoms with Crippen LogP contribution in [0.1, 0.15) is 27.9 Å². The van der Waals surface area contributed by atoms with Crippen LogP contribution in [0, 0.1) is 5.95 Å². The Kier molecular flexibility index (Phi) is 7.23. The monoisotopic (exact) mass is 542 g/mol. The molecule has 1 amide bonds. The van der Waals surface area contributed by atoms with E-state index >= 15 is 0 Å². The number of nitrogens with zero attached hydrogens (tertiary/aromatic N) is 3. The fraction of sp³-hybridized carbons (Fsp3) is 0.214. The van der Waals surface area contributed by atoms with Crippen LogP contribution in [0.2, 0.25) is 5.02 Å². The van der Waals surface area contributed by atoms with E-state index in [1.54, 1.807) is 18.2 Å². The van der Waals surface area contributed by atoms with Gasteiger partial charge in [-0.1, -0.05) is 35.9 Å². The van der Waals surface area contributed by atoms with Crippen molar-refractivity contribution >= 4 is 34.6 Å². The zero-order valence-corrected chi connectivity index (χ0v) is 20.9. The molecule has 0 fully saturated rings. The number of fused-ring (bicyclic) bond motifs is 3. The van der Waals surface area contributed by atoms with E-state index in [0.717, 1.165) is 17.7 Å². The molecule has 1 aliphatic rings. The van der Waals surface area contributed by atoms with Gasteiger partial charge in [0.15, 0.2) is 0 Å². The van der Waals surface area contributed by atoms with Crippen LogP contribution in [-0.4, -0.2) is 33.6 Å². The van der Waals surface area contributed by atoms with E-state index in [9.17, 15) is 22.4 Å². The van der Waals surface area contributed by atoms with Gasteiger partial charge in [-0.05, 0) is 59.2 Å². The lowest BCUT2D eigenvalue weighted by Crippen LogP contribution is -2.34. The number of hydrogen-bond donors (Lipinski definition) is 1. The summed E-state index contributed by atoms with van der Waals surface area (Å²) in [4.78, 5) is 18.9. The highest BCUT2D eigenvalue weighted by Crippen LogP contribution is 2.36. The van der Waals surface area contributed by atoms with Gasteiger partial charge in [-0.25, -0.2) is 9.78 Å². The molecule has 2 aromatic heterocycles. The van der Waals surface area contributed by atoms with Crippen molar-refractivity contribution < 1.29 is 22.4 Å². The molecule has 2 aromatic carbocycles. The topological polar surface area (TPSA) is 50.2 Å². The molecule has 5 nitrogen and oxygen atoms in total. The van der Waals surface area contributed by atoms with Gasteiger partial charge in [0, 0.05) is 54.9 Å². The van der Waals surface area contributed by atoms with Gasteiger partial charge in [0.2, 0.25) is 5.95 Å². The fourth-order valence-corrected chi connectivity index (χ4v) is 4.83. The Morgan fingerprint density at radius 3 is 2.63 bits per heavy atom. The van der Waals surface area contributed by atoms with Gasteiger partial charge in [-0.15, -0.1) is 0 Å². The number of pyridine rings is 1. The number of hydrogen-bond acceptors (Lipinski definition) is 3. The number of aromatic nitrogens is 2. The van der Waals surface area contributed by atoms with Crippen LogP contribution in [0.15, 0.2) is 66.9 Å². The number of halogens is 5. The van der Waals surface area contributed by atoms with Crippen LogP contribution in [0.4, 0.5) is 22.4 Å². The van der Waals surface area contributed by atoms with Gasteiger partial charge in [0.25, 0.3) is 0 Å².